The lowest BCUT2D eigenvalue weighted by molar-refractivity contribution is -0.140. The quantitative estimate of drug-likeness (QED) is 0.814. The summed E-state index contributed by atoms with van der Waals surface area (Å²) in [5.74, 6) is -0.620. The molecule has 25 heavy (non-hydrogen) atoms. The second kappa shape index (κ2) is 8.43. The molecule has 1 aliphatic heterocycles. The first kappa shape index (κ1) is 17.9. The van der Waals surface area contributed by atoms with E-state index in [0.717, 1.165) is 49.2 Å². The van der Waals surface area contributed by atoms with Crippen LogP contribution < -0.4 is 0 Å². The molecule has 1 amide bonds. The molecule has 5 nitrogen and oxygen atoms in total. The van der Waals surface area contributed by atoms with Gasteiger partial charge in [0.1, 0.15) is 0 Å². The number of piperidine rings is 1. The number of carboxylic acid groups (broad SMARTS) is 1. The molecule has 1 N–H and O–H groups in total. The number of rotatable bonds is 7. The summed E-state index contributed by atoms with van der Waals surface area (Å²) in [5.41, 5.74) is 1.03. The van der Waals surface area contributed by atoms with E-state index in [2.05, 4.69) is 11.1 Å². The van der Waals surface area contributed by atoms with Gasteiger partial charge in [-0.3, -0.25) is 9.59 Å². The molecule has 1 aliphatic rings. The fourth-order valence-electron chi connectivity index (χ4n) is 3.48. The van der Waals surface area contributed by atoms with Gasteiger partial charge < -0.3 is 10.0 Å². The van der Waals surface area contributed by atoms with Crippen LogP contribution in [0.2, 0.25) is 0 Å². The van der Waals surface area contributed by atoms with Crippen LogP contribution in [-0.2, 0) is 16.0 Å². The Morgan fingerprint density at radius 3 is 2.88 bits per heavy atom. The van der Waals surface area contributed by atoms with Crippen molar-refractivity contribution in [2.45, 2.75) is 57.4 Å². The molecule has 1 aromatic heterocycles. The van der Waals surface area contributed by atoms with Gasteiger partial charge in [0.25, 0.3) is 0 Å². The summed E-state index contributed by atoms with van der Waals surface area (Å²) in [6.07, 6.45) is 5.86. The van der Waals surface area contributed by atoms with Crippen LogP contribution in [0.5, 0.6) is 0 Å². The Morgan fingerprint density at radius 2 is 2.08 bits per heavy atom. The number of nitrogens with zero attached hydrogens (tertiary/aromatic N) is 2. The highest BCUT2D eigenvalue weighted by molar-refractivity contribution is 7.18. The molecule has 3 rings (SSSR count). The zero-order valence-corrected chi connectivity index (χ0v) is 15.1. The minimum absolute atomic E-state index is 0.0970. The van der Waals surface area contributed by atoms with E-state index in [0.29, 0.717) is 12.8 Å². The maximum atomic E-state index is 12.6. The zero-order chi connectivity index (χ0) is 17.6. The van der Waals surface area contributed by atoms with Gasteiger partial charge in [0.2, 0.25) is 5.91 Å². The highest BCUT2D eigenvalue weighted by atomic mass is 32.1. The first-order valence-corrected chi connectivity index (χ1v) is 9.81. The molecule has 0 aliphatic carbocycles. The number of likely N-dealkylation sites (tertiary alicyclic amines) is 1. The van der Waals surface area contributed by atoms with Crippen LogP contribution in [0.4, 0.5) is 0 Å². The zero-order valence-electron chi connectivity index (χ0n) is 14.3. The molecule has 0 spiro atoms. The van der Waals surface area contributed by atoms with E-state index in [4.69, 9.17) is 5.11 Å². The normalized spacial score (nSPS) is 17.8. The minimum atomic E-state index is -0.784. The van der Waals surface area contributed by atoms with Crippen LogP contribution in [-0.4, -0.2) is 39.5 Å². The van der Waals surface area contributed by atoms with Crippen LogP contribution in [0, 0.1) is 0 Å². The van der Waals surface area contributed by atoms with E-state index in [1.165, 1.54) is 4.70 Å². The Kier molecular flexibility index (Phi) is 6.02. The first-order chi connectivity index (χ1) is 12.1. The average molecular weight is 360 g/mol. The van der Waals surface area contributed by atoms with Gasteiger partial charge in [-0.05, 0) is 50.7 Å². The Labute approximate surface area is 151 Å². The maximum Gasteiger partial charge on any atom is 0.303 e. The molecule has 1 aromatic carbocycles. The number of benzene rings is 1. The number of aromatic nitrogens is 1. The molecule has 6 heteroatoms. The molecule has 0 radical (unpaired) electrons. The van der Waals surface area contributed by atoms with Crippen molar-refractivity contribution in [1.29, 1.82) is 0 Å². The molecular weight excluding hydrogens is 336 g/mol. The fourth-order valence-corrected chi connectivity index (χ4v) is 4.49. The third-order valence-corrected chi connectivity index (χ3v) is 5.85. The maximum absolute atomic E-state index is 12.6. The molecule has 1 atom stereocenters. The van der Waals surface area contributed by atoms with Crippen molar-refractivity contribution < 1.29 is 14.7 Å². The second-order valence-electron chi connectivity index (χ2n) is 6.60. The Bertz CT molecular complexity index is 710. The fraction of sp³-hybridized carbons (Fsp3) is 0.526. The first-order valence-electron chi connectivity index (χ1n) is 8.99. The minimum Gasteiger partial charge on any atom is -0.481 e. The number of para-hydroxylation sites is 1. The van der Waals surface area contributed by atoms with Gasteiger partial charge >= 0.3 is 5.97 Å². The Balaban J connectivity index is 1.51. The van der Waals surface area contributed by atoms with Crippen molar-refractivity contribution in [3.8, 4) is 0 Å². The van der Waals surface area contributed by atoms with Crippen LogP contribution in [0.3, 0.4) is 0 Å². The Morgan fingerprint density at radius 1 is 1.24 bits per heavy atom. The van der Waals surface area contributed by atoms with Crippen molar-refractivity contribution in [3.63, 3.8) is 0 Å². The second-order valence-corrected chi connectivity index (χ2v) is 7.71. The van der Waals surface area contributed by atoms with E-state index >= 15 is 0 Å². The third kappa shape index (κ3) is 4.78. The lowest BCUT2D eigenvalue weighted by Gasteiger charge is -2.35. The van der Waals surface area contributed by atoms with Crippen LogP contribution in [0.15, 0.2) is 24.3 Å². The number of hydrogen-bond acceptors (Lipinski definition) is 4. The smallest absolute Gasteiger partial charge is 0.303 e. The van der Waals surface area contributed by atoms with Gasteiger partial charge in [-0.2, -0.15) is 0 Å². The number of amides is 1. The number of fused-ring (bicyclic) bond motifs is 1. The molecule has 134 valence electrons. The van der Waals surface area contributed by atoms with Gasteiger partial charge in [-0.15, -0.1) is 11.3 Å². The highest BCUT2D eigenvalue weighted by Crippen LogP contribution is 2.24. The topological polar surface area (TPSA) is 70.5 Å². The largest absolute Gasteiger partial charge is 0.481 e. The van der Waals surface area contributed by atoms with E-state index in [1.54, 1.807) is 11.3 Å². The number of carbonyl (C=O) groups is 2. The van der Waals surface area contributed by atoms with Crippen LogP contribution >= 0.6 is 11.3 Å². The number of carboxylic acids is 1. The monoisotopic (exact) mass is 360 g/mol. The molecule has 1 saturated heterocycles. The van der Waals surface area contributed by atoms with Crippen molar-refractivity contribution in [2.24, 2.45) is 0 Å². The summed E-state index contributed by atoms with van der Waals surface area (Å²) in [7, 11) is 0. The molecule has 1 fully saturated rings. The summed E-state index contributed by atoms with van der Waals surface area (Å²) in [6, 6.07) is 8.19. The predicted molar refractivity (Wildman–Crippen MR) is 98.8 cm³/mol. The lowest BCUT2D eigenvalue weighted by Crippen LogP contribution is -2.43. The number of hydrogen-bond donors (Lipinski definition) is 1. The summed E-state index contributed by atoms with van der Waals surface area (Å²) in [5, 5.41) is 9.97. The molecule has 0 bridgehead atoms. The number of aryl methyl sites for hydroxylation is 1. The van der Waals surface area contributed by atoms with E-state index < -0.39 is 5.97 Å². The van der Waals surface area contributed by atoms with Crippen molar-refractivity contribution in [3.05, 3.63) is 29.3 Å². The standard InChI is InChI=1S/C19H24N2O3S/c22-18(21-13-4-3-6-14(21)11-12-19(23)24)10-5-9-17-20-15-7-1-2-8-16(15)25-17/h1-2,7-8,14H,3-6,9-13H2,(H,23,24)/t14-/m0/s1. The highest BCUT2D eigenvalue weighted by Gasteiger charge is 2.26. The molecule has 2 heterocycles. The third-order valence-electron chi connectivity index (χ3n) is 4.76. The molecule has 0 unspecified atom stereocenters. The summed E-state index contributed by atoms with van der Waals surface area (Å²) < 4.78 is 1.19. The van der Waals surface area contributed by atoms with E-state index in [1.807, 2.05) is 23.1 Å². The van der Waals surface area contributed by atoms with Crippen molar-refractivity contribution in [1.82, 2.24) is 9.88 Å². The van der Waals surface area contributed by atoms with Gasteiger partial charge in [-0.25, -0.2) is 4.98 Å². The lowest BCUT2D eigenvalue weighted by atomic mass is 9.97. The van der Waals surface area contributed by atoms with Crippen molar-refractivity contribution in [2.75, 3.05) is 6.54 Å². The summed E-state index contributed by atoms with van der Waals surface area (Å²) >= 11 is 1.70. The SMILES string of the molecule is O=C(O)CC[C@@H]1CCCCN1C(=O)CCCc1nc2ccccc2s1. The van der Waals surface area contributed by atoms with Gasteiger partial charge in [0.05, 0.1) is 15.2 Å². The number of carbonyl (C=O) groups excluding carboxylic acids is 1. The summed E-state index contributed by atoms with van der Waals surface area (Å²) in [6.45, 7) is 0.768. The average Bonchev–Trinajstić information content (AvgIpc) is 3.02. The van der Waals surface area contributed by atoms with Gasteiger partial charge in [-0.1, -0.05) is 12.1 Å². The molecule has 0 saturated carbocycles. The van der Waals surface area contributed by atoms with Crippen LogP contribution in [0.1, 0.15) is 50.0 Å². The van der Waals surface area contributed by atoms with Crippen LogP contribution in [0.25, 0.3) is 10.2 Å². The molecule has 2 aromatic rings. The van der Waals surface area contributed by atoms with E-state index in [-0.39, 0.29) is 18.4 Å². The molecular formula is C19H24N2O3S. The van der Waals surface area contributed by atoms with Crippen molar-refractivity contribution >= 4 is 33.4 Å². The van der Waals surface area contributed by atoms with Gasteiger partial charge in [0, 0.05) is 25.4 Å². The number of thiazole rings is 1. The Hall–Kier alpha value is -1.95. The predicted octanol–water partition coefficient (Wildman–Crippen LogP) is 3.86. The summed E-state index contributed by atoms with van der Waals surface area (Å²) in [4.78, 5) is 29.9. The van der Waals surface area contributed by atoms with E-state index in [9.17, 15) is 9.59 Å². The number of aliphatic carboxylic acids is 1. The van der Waals surface area contributed by atoms with Gasteiger partial charge in [0.15, 0.2) is 0 Å².